The first-order valence-corrected chi connectivity index (χ1v) is 6.33. The molecule has 0 aromatic heterocycles. The van der Waals surface area contributed by atoms with Crippen LogP contribution in [0.4, 0.5) is 4.39 Å². The Hall–Kier alpha value is -2.39. The molecule has 0 aliphatic rings. The summed E-state index contributed by atoms with van der Waals surface area (Å²) in [6.07, 6.45) is 0.302. The molecule has 2 N–H and O–H groups in total. The third-order valence-corrected chi connectivity index (χ3v) is 2.58. The number of nitrogens with zero attached hydrogens (tertiary/aromatic N) is 1. The Morgan fingerprint density at radius 1 is 1.38 bits per heavy atom. The summed E-state index contributed by atoms with van der Waals surface area (Å²) in [7, 11) is 3.12. The first-order chi connectivity index (χ1) is 9.95. The van der Waals surface area contributed by atoms with E-state index in [0.29, 0.717) is 12.0 Å². The SMILES string of the molecule is CN(C)C(=O)CNC(=O)c1cc(C#CCCO)ccc1F. The molecule has 2 amide bonds. The van der Waals surface area contributed by atoms with E-state index >= 15 is 0 Å². The second kappa shape index (κ2) is 8.02. The van der Waals surface area contributed by atoms with Gasteiger partial charge >= 0.3 is 0 Å². The summed E-state index contributed by atoms with van der Waals surface area (Å²) in [6.45, 7) is -0.264. The summed E-state index contributed by atoms with van der Waals surface area (Å²) >= 11 is 0. The first-order valence-electron chi connectivity index (χ1n) is 6.33. The van der Waals surface area contributed by atoms with Crippen LogP contribution < -0.4 is 5.32 Å². The van der Waals surface area contributed by atoms with Crippen LogP contribution in [0.2, 0.25) is 0 Å². The molecular formula is C15H17FN2O3. The molecule has 0 spiro atoms. The minimum absolute atomic E-state index is 0.0613. The Morgan fingerprint density at radius 2 is 2.10 bits per heavy atom. The second-order valence-corrected chi connectivity index (χ2v) is 4.44. The molecule has 0 unspecified atom stereocenters. The first kappa shape index (κ1) is 16.7. The molecule has 0 radical (unpaired) electrons. The molecule has 0 fully saturated rings. The van der Waals surface area contributed by atoms with Gasteiger partial charge in [0.2, 0.25) is 5.91 Å². The minimum Gasteiger partial charge on any atom is -0.395 e. The van der Waals surface area contributed by atoms with E-state index in [1.54, 1.807) is 14.1 Å². The van der Waals surface area contributed by atoms with Gasteiger partial charge in [0.25, 0.3) is 5.91 Å². The van der Waals surface area contributed by atoms with Gasteiger partial charge in [0.15, 0.2) is 0 Å². The van der Waals surface area contributed by atoms with Gasteiger partial charge in [-0.2, -0.15) is 0 Å². The zero-order chi connectivity index (χ0) is 15.8. The zero-order valence-electron chi connectivity index (χ0n) is 11.9. The fourth-order valence-electron chi connectivity index (χ4n) is 1.41. The quantitative estimate of drug-likeness (QED) is 0.788. The summed E-state index contributed by atoms with van der Waals surface area (Å²) in [5.74, 6) is 3.76. The maximum absolute atomic E-state index is 13.6. The highest BCUT2D eigenvalue weighted by Crippen LogP contribution is 2.10. The van der Waals surface area contributed by atoms with E-state index in [0.717, 1.165) is 6.07 Å². The minimum atomic E-state index is -0.683. The predicted octanol–water partition coefficient (Wildman–Crippen LogP) is 0.378. The number of likely N-dealkylation sites (N-methyl/N-ethyl adjacent to an activating group) is 1. The lowest BCUT2D eigenvalue weighted by Gasteiger charge is -2.11. The predicted molar refractivity (Wildman–Crippen MR) is 76.0 cm³/mol. The maximum Gasteiger partial charge on any atom is 0.254 e. The number of carbonyl (C=O) groups excluding carboxylic acids is 2. The smallest absolute Gasteiger partial charge is 0.254 e. The fraction of sp³-hybridized carbons (Fsp3) is 0.333. The maximum atomic E-state index is 13.6. The van der Waals surface area contributed by atoms with Crippen LogP contribution in [0.1, 0.15) is 22.3 Å². The lowest BCUT2D eigenvalue weighted by atomic mass is 10.1. The van der Waals surface area contributed by atoms with E-state index in [-0.39, 0.29) is 24.6 Å². The number of aliphatic hydroxyl groups is 1. The molecule has 6 heteroatoms. The molecule has 112 valence electrons. The molecule has 0 saturated heterocycles. The second-order valence-electron chi connectivity index (χ2n) is 4.44. The van der Waals surface area contributed by atoms with Crippen molar-refractivity contribution in [3.8, 4) is 11.8 Å². The largest absolute Gasteiger partial charge is 0.395 e. The lowest BCUT2D eigenvalue weighted by Crippen LogP contribution is -2.36. The monoisotopic (exact) mass is 292 g/mol. The highest BCUT2D eigenvalue weighted by atomic mass is 19.1. The molecule has 1 aromatic carbocycles. The van der Waals surface area contributed by atoms with Crippen molar-refractivity contribution in [1.29, 1.82) is 0 Å². The molecule has 5 nitrogen and oxygen atoms in total. The zero-order valence-corrected chi connectivity index (χ0v) is 11.9. The van der Waals surface area contributed by atoms with Crippen molar-refractivity contribution < 1.29 is 19.1 Å². The van der Waals surface area contributed by atoms with Crippen molar-refractivity contribution >= 4 is 11.8 Å². The molecule has 0 aliphatic heterocycles. The van der Waals surface area contributed by atoms with Crippen LogP contribution in [0.15, 0.2) is 18.2 Å². The van der Waals surface area contributed by atoms with Gasteiger partial charge < -0.3 is 15.3 Å². The van der Waals surface area contributed by atoms with E-state index in [4.69, 9.17) is 5.11 Å². The third-order valence-electron chi connectivity index (χ3n) is 2.58. The van der Waals surface area contributed by atoms with E-state index in [9.17, 15) is 14.0 Å². The molecule has 1 aromatic rings. The van der Waals surface area contributed by atoms with E-state index in [1.807, 2.05) is 0 Å². The number of carbonyl (C=O) groups is 2. The van der Waals surface area contributed by atoms with Gasteiger partial charge in [-0.05, 0) is 18.2 Å². The number of benzene rings is 1. The highest BCUT2D eigenvalue weighted by Gasteiger charge is 2.13. The Bertz CT molecular complexity index is 588. The number of nitrogens with one attached hydrogen (secondary N) is 1. The van der Waals surface area contributed by atoms with Gasteiger partial charge in [-0.3, -0.25) is 9.59 Å². The molecule has 0 aliphatic carbocycles. The molecule has 0 heterocycles. The molecule has 0 bridgehead atoms. The number of rotatable bonds is 4. The molecule has 0 atom stereocenters. The van der Waals surface area contributed by atoms with Crippen LogP contribution in [0, 0.1) is 17.7 Å². The third kappa shape index (κ3) is 5.24. The number of aliphatic hydroxyl groups excluding tert-OH is 1. The van der Waals surface area contributed by atoms with E-state index in [2.05, 4.69) is 17.2 Å². The van der Waals surface area contributed by atoms with Crippen molar-refractivity contribution in [3.63, 3.8) is 0 Å². The summed E-state index contributed by atoms with van der Waals surface area (Å²) in [6, 6.07) is 3.91. The average molecular weight is 292 g/mol. The van der Waals surface area contributed by atoms with Crippen LogP contribution in [0.5, 0.6) is 0 Å². The van der Waals surface area contributed by atoms with Crippen molar-refractivity contribution in [2.24, 2.45) is 0 Å². The van der Waals surface area contributed by atoms with Gasteiger partial charge in [0.1, 0.15) is 5.82 Å². The van der Waals surface area contributed by atoms with E-state index < -0.39 is 11.7 Å². The Labute approximate surface area is 122 Å². The molecule has 0 saturated carbocycles. The molecular weight excluding hydrogens is 275 g/mol. The molecule has 21 heavy (non-hydrogen) atoms. The van der Waals surface area contributed by atoms with Gasteiger partial charge in [0.05, 0.1) is 18.7 Å². The lowest BCUT2D eigenvalue weighted by molar-refractivity contribution is -0.127. The number of amides is 2. The average Bonchev–Trinajstić information content (AvgIpc) is 2.46. The topological polar surface area (TPSA) is 69.6 Å². The fourth-order valence-corrected chi connectivity index (χ4v) is 1.41. The van der Waals surface area contributed by atoms with Gasteiger partial charge in [0, 0.05) is 26.1 Å². The Kier molecular flexibility index (Phi) is 6.37. The van der Waals surface area contributed by atoms with Crippen molar-refractivity contribution in [3.05, 3.63) is 35.1 Å². The molecule has 1 rings (SSSR count). The normalized spacial score (nSPS) is 9.52. The summed E-state index contributed by atoms with van der Waals surface area (Å²) < 4.78 is 13.6. The van der Waals surface area contributed by atoms with Crippen molar-refractivity contribution in [2.75, 3.05) is 27.2 Å². The van der Waals surface area contributed by atoms with Gasteiger partial charge in [-0.25, -0.2) is 4.39 Å². The standard InChI is InChI=1S/C15H17FN2O3/c1-18(2)14(20)10-17-15(21)12-9-11(5-3-4-8-19)6-7-13(12)16/h6-7,9,19H,4,8,10H2,1-2H3,(H,17,21). The van der Waals surface area contributed by atoms with Gasteiger partial charge in [-0.15, -0.1) is 0 Å². The highest BCUT2D eigenvalue weighted by molar-refractivity contribution is 5.96. The summed E-state index contributed by atoms with van der Waals surface area (Å²) in [5, 5.41) is 11.0. The Balaban J connectivity index is 2.82. The Morgan fingerprint density at radius 3 is 2.71 bits per heavy atom. The van der Waals surface area contributed by atoms with Crippen molar-refractivity contribution in [2.45, 2.75) is 6.42 Å². The number of hydrogen-bond acceptors (Lipinski definition) is 3. The van der Waals surface area contributed by atoms with Crippen LogP contribution in [-0.2, 0) is 4.79 Å². The summed E-state index contributed by atoms with van der Waals surface area (Å²) in [4.78, 5) is 24.6. The van der Waals surface area contributed by atoms with Crippen molar-refractivity contribution in [1.82, 2.24) is 10.2 Å². The van der Waals surface area contributed by atoms with Crippen LogP contribution >= 0.6 is 0 Å². The number of halogens is 1. The van der Waals surface area contributed by atoms with Gasteiger partial charge in [-0.1, -0.05) is 11.8 Å². The summed E-state index contributed by atoms with van der Waals surface area (Å²) in [5.41, 5.74) is 0.297. The van der Waals surface area contributed by atoms with Crippen LogP contribution in [0.25, 0.3) is 0 Å². The van der Waals surface area contributed by atoms with Crippen LogP contribution in [0.3, 0.4) is 0 Å². The number of hydrogen-bond donors (Lipinski definition) is 2. The van der Waals surface area contributed by atoms with E-state index in [1.165, 1.54) is 17.0 Å². The van der Waals surface area contributed by atoms with Crippen LogP contribution in [-0.4, -0.2) is 49.1 Å².